The third-order valence-corrected chi connectivity index (χ3v) is 3.51. The molecule has 0 aliphatic carbocycles. The molecule has 1 aliphatic heterocycles. The first-order valence-corrected chi connectivity index (χ1v) is 6.81. The van der Waals surface area contributed by atoms with Gasteiger partial charge in [-0.3, -0.25) is 0 Å². The normalized spacial score (nSPS) is 15.1. The number of rotatable bonds is 3. The van der Waals surface area contributed by atoms with Crippen molar-refractivity contribution in [3.8, 4) is 0 Å². The second kappa shape index (κ2) is 5.91. The Labute approximate surface area is 114 Å². The summed E-state index contributed by atoms with van der Waals surface area (Å²) >= 11 is 0. The van der Waals surface area contributed by atoms with Gasteiger partial charge in [-0.2, -0.15) is 0 Å². The van der Waals surface area contributed by atoms with Gasteiger partial charge in [-0.1, -0.05) is 6.07 Å². The smallest absolute Gasteiger partial charge is 0.331 e. The van der Waals surface area contributed by atoms with Crippen molar-refractivity contribution in [1.29, 1.82) is 0 Å². The monoisotopic (exact) mass is 259 g/mol. The van der Waals surface area contributed by atoms with Crippen molar-refractivity contribution in [1.82, 2.24) is 0 Å². The summed E-state index contributed by atoms with van der Waals surface area (Å²) in [5.41, 5.74) is 4.72. The van der Waals surface area contributed by atoms with Crippen molar-refractivity contribution in [2.45, 2.75) is 26.7 Å². The quantitative estimate of drug-likeness (QED) is 0.617. The highest BCUT2D eigenvalue weighted by Crippen LogP contribution is 2.28. The number of anilines is 1. The number of ether oxygens (including phenoxy) is 1. The molecule has 0 N–H and O–H groups in total. The number of benzene rings is 1. The number of fused-ring (bicyclic) bond motifs is 1. The average Bonchev–Trinajstić information content (AvgIpc) is 2.38. The van der Waals surface area contributed by atoms with Crippen molar-refractivity contribution in [2.75, 3.05) is 25.1 Å². The molecule has 102 valence electrons. The zero-order chi connectivity index (χ0) is 13.8. The summed E-state index contributed by atoms with van der Waals surface area (Å²) in [5.74, 6) is -0.269. The molecule has 3 heteroatoms. The van der Waals surface area contributed by atoms with E-state index in [0.29, 0.717) is 6.61 Å². The van der Waals surface area contributed by atoms with Crippen LogP contribution in [-0.4, -0.2) is 26.2 Å². The van der Waals surface area contributed by atoms with Crippen molar-refractivity contribution < 1.29 is 9.53 Å². The van der Waals surface area contributed by atoms with Crippen LogP contribution in [0.25, 0.3) is 5.57 Å². The number of esters is 1. The fourth-order valence-electron chi connectivity index (χ4n) is 2.47. The molecule has 0 atom stereocenters. The summed E-state index contributed by atoms with van der Waals surface area (Å²) in [6.07, 6.45) is 3.87. The van der Waals surface area contributed by atoms with E-state index in [1.807, 2.05) is 13.8 Å². The number of hydrogen-bond donors (Lipinski definition) is 0. The van der Waals surface area contributed by atoms with Gasteiger partial charge < -0.3 is 9.64 Å². The average molecular weight is 259 g/mol. The fourth-order valence-corrected chi connectivity index (χ4v) is 2.47. The third-order valence-electron chi connectivity index (χ3n) is 3.51. The molecule has 0 aromatic heterocycles. The van der Waals surface area contributed by atoms with Gasteiger partial charge in [0.25, 0.3) is 0 Å². The topological polar surface area (TPSA) is 29.5 Å². The maximum atomic E-state index is 11.5. The highest BCUT2D eigenvalue weighted by molar-refractivity contribution is 5.91. The third kappa shape index (κ3) is 3.16. The minimum Gasteiger partial charge on any atom is -0.463 e. The lowest BCUT2D eigenvalue weighted by Crippen LogP contribution is -2.24. The molecule has 2 rings (SSSR count). The van der Waals surface area contributed by atoms with E-state index in [1.54, 1.807) is 6.08 Å². The van der Waals surface area contributed by atoms with Crippen LogP contribution in [0.15, 0.2) is 24.3 Å². The second-order valence-electron chi connectivity index (χ2n) is 4.95. The van der Waals surface area contributed by atoms with Crippen LogP contribution >= 0.6 is 0 Å². The van der Waals surface area contributed by atoms with Crippen molar-refractivity contribution in [3.63, 3.8) is 0 Å². The molecule has 0 spiro atoms. The molecular formula is C16H21NO2. The Bertz CT molecular complexity index is 505. The first-order valence-electron chi connectivity index (χ1n) is 6.81. The number of carbonyl (C=O) groups is 1. The largest absolute Gasteiger partial charge is 0.463 e. The lowest BCUT2D eigenvalue weighted by molar-refractivity contribution is -0.137. The lowest BCUT2D eigenvalue weighted by Gasteiger charge is -2.27. The molecule has 0 amide bonds. The Morgan fingerprint density at radius 1 is 1.47 bits per heavy atom. The molecule has 0 radical (unpaired) electrons. The van der Waals surface area contributed by atoms with Crippen LogP contribution in [0.5, 0.6) is 0 Å². The number of aryl methyl sites for hydroxylation is 1. The molecule has 0 unspecified atom stereocenters. The molecule has 19 heavy (non-hydrogen) atoms. The molecule has 0 bridgehead atoms. The van der Waals surface area contributed by atoms with Crippen molar-refractivity contribution in [2.24, 2.45) is 0 Å². The van der Waals surface area contributed by atoms with Gasteiger partial charge in [0.2, 0.25) is 0 Å². The summed E-state index contributed by atoms with van der Waals surface area (Å²) in [7, 11) is 2.12. The zero-order valence-electron chi connectivity index (χ0n) is 11.9. The highest BCUT2D eigenvalue weighted by Gasteiger charge is 2.14. The van der Waals surface area contributed by atoms with Crippen LogP contribution in [0.4, 0.5) is 5.69 Å². The fraction of sp³-hybridized carbons (Fsp3) is 0.438. The van der Waals surface area contributed by atoms with Gasteiger partial charge in [-0.25, -0.2) is 4.79 Å². The van der Waals surface area contributed by atoms with Gasteiger partial charge in [0.1, 0.15) is 0 Å². The lowest BCUT2D eigenvalue weighted by atomic mass is 9.97. The van der Waals surface area contributed by atoms with E-state index in [9.17, 15) is 4.79 Å². The van der Waals surface area contributed by atoms with Gasteiger partial charge in [-0.05, 0) is 55.5 Å². The molecule has 1 aliphatic rings. The zero-order valence-corrected chi connectivity index (χ0v) is 11.9. The van der Waals surface area contributed by atoms with E-state index in [1.165, 1.54) is 17.7 Å². The van der Waals surface area contributed by atoms with E-state index in [4.69, 9.17) is 4.74 Å². The van der Waals surface area contributed by atoms with Gasteiger partial charge in [-0.15, -0.1) is 0 Å². The van der Waals surface area contributed by atoms with E-state index < -0.39 is 0 Å². The van der Waals surface area contributed by atoms with Gasteiger partial charge in [0.15, 0.2) is 0 Å². The maximum absolute atomic E-state index is 11.5. The van der Waals surface area contributed by atoms with Crippen LogP contribution in [0.3, 0.4) is 0 Å². The molecule has 3 nitrogen and oxygen atoms in total. The standard InChI is InChI=1S/C16H21NO2/c1-4-19-16(18)10-12(2)13-7-8-15-14(11-13)6-5-9-17(15)3/h7-8,10-11H,4-6,9H2,1-3H3. The second-order valence-corrected chi connectivity index (χ2v) is 4.95. The number of hydrogen-bond acceptors (Lipinski definition) is 3. The maximum Gasteiger partial charge on any atom is 0.331 e. The summed E-state index contributed by atoms with van der Waals surface area (Å²) < 4.78 is 4.94. The number of nitrogens with zero attached hydrogens (tertiary/aromatic N) is 1. The Hall–Kier alpha value is -1.77. The van der Waals surface area contributed by atoms with Crippen LogP contribution in [0.1, 0.15) is 31.4 Å². The van der Waals surface area contributed by atoms with Crippen molar-refractivity contribution >= 4 is 17.2 Å². The van der Waals surface area contributed by atoms with E-state index in [0.717, 1.165) is 24.1 Å². The first-order chi connectivity index (χ1) is 9.11. The number of allylic oxidation sites excluding steroid dienone is 1. The predicted octanol–water partition coefficient (Wildman–Crippen LogP) is 3.04. The molecular weight excluding hydrogens is 238 g/mol. The molecule has 1 heterocycles. The molecule has 0 fully saturated rings. The molecule has 0 saturated carbocycles. The van der Waals surface area contributed by atoms with E-state index >= 15 is 0 Å². The Balaban J connectivity index is 2.24. The van der Waals surface area contributed by atoms with Crippen LogP contribution < -0.4 is 4.90 Å². The first kappa shape index (κ1) is 13.7. The number of carbonyl (C=O) groups excluding carboxylic acids is 1. The molecule has 0 saturated heterocycles. The van der Waals surface area contributed by atoms with Crippen molar-refractivity contribution in [3.05, 3.63) is 35.4 Å². The van der Waals surface area contributed by atoms with Gasteiger partial charge >= 0.3 is 5.97 Å². The Kier molecular flexibility index (Phi) is 4.25. The summed E-state index contributed by atoms with van der Waals surface area (Å²) in [5, 5.41) is 0. The van der Waals surface area contributed by atoms with Gasteiger partial charge in [0.05, 0.1) is 6.61 Å². The minimum absolute atomic E-state index is 0.269. The van der Waals surface area contributed by atoms with Gasteiger partial charge in [0, 0.05) is 25.4 Å². The van der Waals surface area contributed by atoms with E-state index in [2.05, 4.69) is 30.1 Å². The predicted molar refractivity (Wildman–Crippen MR) is 78.3 cm³/mol. The van der Waals surface area contributed by atoms with Crippen LogP contribution in [0.2, 0.25) is 0 Å². The summed E-state index contributed by atoms with van der Waals surface area (Å²) in [6, 6.07) is 6.41. The summed E-state index contributed by atoms with van der Waals surface area (Å²) in [6.45, 7) is 5.29. The Morgan fingerprint density at radius 3 is 3.00 bits per heavy atom. The molecule has 1 aromatic carbocycles. The summed E-state index contributed by atoms with van der Waals surface area (Å²) in [4.78, 5) is 13.7. The minimum atomic E-state index is -0.269. The molecule has 1 aromatic rings. The van der Waals surface area contributed by atoms with E-state index in [-0.39, 0.29) is 5.97 Å². The SMILES string of the molecule is CCOC(=O)C=C(C)c1ccc2c(c1)CCCN2C. The van der Waals surface area contributed by atoms with Crippen LogP contribution in [0, 0.1) is 0 Å². The highest BCUT2D eigenvalue weighted by atomic mass is 16.5. The van der Waals surface area contributed by atoms with Crippen LogP contribution in [-0.2, 0) is 16.0 Å². The Morgan fingerprint density at radius 2 is 2.26 bits per heavy atom.